The van der Waals surface area contributed by atoms with Gasteiger partial charge in [-0.1, -0.05) is 12.1 Å². The van der Waals surface area contributed by atoms with Gasteiger partial charge < -0.3 is 19.9 Å². The molecule has 20 heavy (non-hydrogen) atoms. The molecule has 0 bridgehead atoms. The van der Waals surface area contributed by atoms with Crippen molar-refractivity contribution in [3.05, 3.63) is 35.7 Å². The van der Waals surface area contributed by atoms with Gasteiger partial charge in [0.25, 0.3) is 0 Å². The van der Waals surface area contributed by atoms with Crippen LogP contribution in [0.15, 0.2) is 35.7 Å². The van der Waals surface area contributed by atoms with Crippen LogP contribution in [0.3, 0.4) is 0 Å². The van der Waals surface area contributed by atoms with Crippen molar-refractivity contribution >= 4 is 11.7 Å². The standard InChI is InChI=1S/C13H14N2O4.Na/c1-3-19-13(17)9(8-14)12(16)15-10-6-4-5-7-11(10)18-2;/h4-7,15-16H,3H2,1-2H3;/q;+1/p-1. The molecule has 1 rings (SSSR count). The molecule has 1 aromatic carbocycles. The maximum Gasteiger partial charge on any atom is 1.00 e. The number of carbonyl (C=O) groups excluding carboxylic acids is 1. The van der Waals surface area contributed by atoms with E-state index < -0.39 is 17.4 Å². The van der Waals surface area contributed by atoms with E-state index in [1.807, 2.05) is 0 Å². The second kappa shape index (κ2) is 9.26. The smallest absolute Gasteiger partial charge is 0.859 e. The second-order valence-corrected chi connectivity index (χ2v) is 3.36. The van der Waals surface area contributed by atoms with Crippen LogP contribution in [0.2, 0.25) is 0 Å². The van der Waals surface area contributed by atoms with Crippen molar-refractivity contribution in [1.82, 2.24) is 0 Å². The summed E-state index contributed by atoms with van der Waals surface area (Å²) in [5, 5.41) is 23.0. The van der Waals surface area contributed by atoms with Gasteiger partial charge in [-0.3, -0.25) is 0 Å². The van der Waals surface area contributed by atoms with Crippen molar-refractivity contribution in [3.63, 3.8) is 0 Å². The van der Waals surface area contributed by atoms with E-state index >= 15 is 0 Å². The van der Waals surface area contributed by atoms with Crippen molar-refractivity contribution in [2.45, 2.75) is 6.92 Å². The van der Waals surface area contributed by atoms with Crippen LogP contribution in [-0.4, -0.2) is 19.7 Å². The third-order valence-electron chi connectivity index (χ3n) is 2.17. The SMILES string of the molecule is CCOC(=O)C(C#N)=C([O-])Nc1ccccc1OC.[Na+]. The molecule has 0 amide bonds. The Hall–Kier alpha value is -1.68. The number of para-hydroxylation sites is 2. The van der Waals surface area contributed by atoms with Crippen LogP contribution in [0.1, 0.15) is 6.92 Å². The van der Waals surface area contributed by atoms with Gasteiger partial charge in [-0.2, -0.15) is 5.26 Å². The largest absolute Gasteiger partial charge is 1.00 e. The van der Waals surface area contributed by atoms with E-state index in [0.717, 1.165) is 0 Å². The first kappa shape index (κ1) is 18.3. The molecule has 0 saturated heterocycles. The predicted octanol–water partition coefficient (Wildman–Crippen LogP) is -2.23. The van der Waals surface area contributed by atoms with E-state index in [1.54, 1.807) is 31.2 Å². The fourth-order valence-electron chi connectivity index (χ4n) is 1.33. The Morgan fingerprint density at radius 3 is 2.65 bits per heavy atom. The van der Waals surface area contributed by atoms with Gasteiger partial charge >= 0.3 is 35.5 Å². The summed E-state index contributed by atoms with van der Waals surface area (Å²) in [7, 11) is 1.45. The monoisotopic (exact) mass is 284 g/mol. The minimum atomic E-state index is -0.947. The van der Waals surface area contributed by atoms with Crippen LogP contribution in [0.4, 0.5) is 5.69 Å². The zero-order valence-electron chi connectivity index (χ0n) is 11.6. The number of nitrogens with one attached hydrogen (secondary N) is 1. The van der Waals surface area contributed by atoms with Gasteiger partial charge in [0.05, 0.1) is 19.4 Å². The average molecular weight is 284 g/mol. The first-order valence-electron chi connectivity index (χ1n) is 5.52. The number of hydrogen-bond donors (Lipinski definition) is 1. The van der Waals surface area contributed by atoms with Crippen molar-refractivity contribution in [1.29, 1.82) is 5.26 Å². The fraction of sp³-hybridized carbons (Fsp3) is 0.231. The number of anilines is 1. The minimum absolute atomic E-state index is 0. The Morgan fingerprint density at radius 2 is 2.10 bits per heavy atom. The van der Waals surface area contributed by atoms with Crippen molar-refractivity contribution < 1.29 is 48.9 Å². The molecule has 0 fully saturated rings. The molecule has 0 unspecified atom stereocenters. The molecular weight excluding hydrogens is 271 g/mol. The Morgan fingerprint density at radius 1 is 1.45 bits per heavy atom. The maximum absolute atomic E-state index is 11.8. The van der Waals surface area contributed by atoms with Crippen LogP contribution < -0.4 is 44.7 Å². The second-order valence-electron chi connectivity index (χ2n) is 3.36. The van der Waals surface area contributed by atoms with E-state index in [9.17, 15) is 9.90 Å². The number of benzene rings is 1. The van der Waals surface area contributed by atoms with Crippen molar-refractivity contribution in [2.75, 3.05) is 19.0 Å². The van der Waals surface area contributed by atoms with Gasteiger partial charge in [0.2, 0.25) is 0 Å². The molecule has 7 heteroatoms. The van der Waals surface area contributed by atoms with Crippen molar-refractivity contribution in [3.8, 4) is 11.8 Å². The molecule has 6 nitrogen and oxygen atoms in total. The normalized spacial score (nSPS) is 10.4. The third-order valence-corrected chi connectivity index (χ3v) is 2.17. The molecule has 0 aliphatic heterocycles. The maximum atomic E-state index is 11.8. The van der Waals surface area contributed by atoms with E-state index in [2.05, 4.69) is 10.1 Å². The molecule has 0 saturated carbocycles. The zero-order valence-corrected chi connectivity index (χ0v) is 13.6. The molecule has 1 N–H and O–H groups in total. The van der Waals surface area contributed by atoms with Crippen LogP contribution in [-0.2, 0) is 9.53 Å². The summed E-state index contributed by atoms with van der Waals surface area (Å²) in [5.41, 5.74) is -0.236. The summed E-state index contributed by atoms with van der Waals surface area (Å²) in [5.74, 6) is -1.35. The summed E-state index contributed by atoms with van der Waals surface area (Å²) >= 11 is 0. The van der Waals surface area contributed by atoms with Gasteiger partial charge in [0, 0.05) is 0 Å². The molecule has 0 aliphatic rings. The van der Waals surface area contributed by atoms with E-state index in [0.29, 0.717) is 11.4 Å². The van der Waals surface area contributed by atoms with Gasteiger partial charge in [0.15, 0.2) is 0 Å². The molecule has 0 atom stereocenters. The summed E-state index contributed by atoms with van der Waals surface area (Å²) in [4.78, 5) is 11.4. The van der Waals surface area contributed by atoms with Gasteiger partial charge in [-0.05, 0) is 24.9 Å². The number of carbonyl (C=O) groups is 1. The van der Waals surface area contributed by atoms with E-state index in [-0.39, 0.29) is 36.2 Å². The van der Waals surface area contributed by atoms with Crippen LogP contribution in [0.25, 0.3) is 0 Å². The molecule has 0 aromatic heterocycles. The van der Waals surface area contributed by atoms with Gasteiger partial charge in [0.1, 0.15) is 17.4 Å². The Kier molecular flexibility index (Phi) is 8.48. The summed E-state index contributed by atoms with van der Waals surface area (Å²) < 4.78 is 9.66. The van der Waals surface area contributed by atoms with Gasteiger partial charge in [-0.25, -0.2) is 4.79 Å². The molecule has 1 aromatic rings. The molecule has 100 valence electrons. The zero-order chi connectivity index (χ0) is 14.3. The van der Waals surface area contributed by atoms with Crippen LogP contribution in [0, 0.1) is 11.3 Å². The van der Waals surface area contributed by atoms with Crippen LogP contribution >= 0.6 is 0 Å². The number of methoxy groups -OCH3 is 1. The number of hydrogen-bond acceptors (Lipinski definition) is 6. The first-order chi connectivity index (χ1) is 9.13. The first-order valence-corrected chi connectivity index (χ1v) is 5.52. The fourth-order valence-corrected chi connectivity index (χ4v) is 1.33. The minimum Gasteiger partial charge on any atom is -0.859 e. The topological polar surface area (TPSA) is 94.4 Å². The Labute approximate surface area is 139 Å². The molecule has 0 spiro atoms. The number of ether oxygens (including phenoxy) is 2. The number of esters is 1. The van der Waals surface area contributed by atoms with E-state index in [4.69, 9.17) is 10.00 Å². The number of nitriles is 1. The van der Waals surface area contributed by atoms with Gasteiger partial charge in [-0.15, -0.1) is 0 Å². The Balaban J connectivity index is 0.00000361. The summed E-state index contributed by atoms with van der Waals surface area (Å²) in [6, 6.07) is 8.19. The Bertz CT molecular complexity index is 537. The number of rotatable bonds is 5. The van der Waals surface area contributed by atoms with Crippen molar-refractivity contribution in [2.24, 2.45) is 0 Å². The molecular formula is C13H13N2NaO4. The molecule has 0 aliphatic carbocycles. The quantitative estimate of drug-likeness (QED) is 0.216. The van der Waals surface area contributed by atoms with Crippen LogP contribution in [0.5, 0.6) is 5.75 Å². The van der Waals surface area contributed by atoms with E-state index in [1.165, 1.54) is 13.2 Å². The summed E-state index contributed by atoms with van der Waals surface area (Å²) in [6.45, 7) is 1.68. The summed E-state index contributed by atoms with van der Waals surface area (Å²) in [6.07, 6.45) is 0. The molecule has 0 radical (unpaired) electrons. The predicted molar refractivity (Wildman–Crippen MR) is 65.9 cm³/mol. The number of nitrogens with zero attached hydrogens (tertiary/aromatic N) is 1. The third kappa shape index (κ3) is 4.78. The molecule has 0 heterocycles. The average Bonchev–Trinajstić information content (AvgIpc) is 2.40.